The first kappa shape index (κ1) is 12.7. The van der Waals surface area contributed by atoms with Crippen LogP contribution in [0.4, 0.5) is 20.3 Å². The van der Waals surface area contributed by atoms with Crippen molar-refractivity contribution in [3.63, 3.8) is 0 Å². The van der Waals surface area contributed by atoms with Crippen molar-refractivity contribution < 1.29 is 18.4 Å². The Bertz CT molecular complexity index is 632. The van der Waals surface area contributed by atoms with E-state index in [2.05, 4.69) is 4.98 Å². The number of halogens is 2. The van der Waals surface area contributed by atoms with Gasteiger partial charge in [-0.25, -0.2) is 8.78 Å². The summed E-state index contributed by atoms with van der Waals surface area (Å²) in [5, 5.41) is 10.4. The minimum absolute atomic E-state index is 0.114. The van der Waals surface area contributed by atoms with Crippen LogP contribution in [0.2, 0.25) is 0 Å². The maximum absolute atomic E-state index is 13.3. The fourth-order valence-corrected chi connectivity index (χ4v) is 1.28. The van der Waals surface area contributed by atoms with Crippen molar-refractivity contribution in [1.29, 1.82) is 0 Å². The summed E-state index contributed by atoms with van der Waals surface area (Å²) in [6.07, 6.45) is 0. The number of non-ortho nitro benzene ring substituents is 1. The normalized spacial score (nSPS) is 10.2. The van der Waals surface area contributed by atoms with Gasteiger partial charge in [-0.05, 0) is 12.1 Å². The van der Waals surface area contributed by atoms with Crippen molar-refractivity contribution in [1.82, 2.24) is 4.98 Å². The predicted molar refractivity (Wildman–Crippen MR) is 61.7 cm³/mol. The van der Waals surface area contributed by atoms with Crippen LogP contribution in [0.5, 0.6) is 11.6 Å². The van der Waals surface area contributed by atoms with Crippen LogP contribution in [0.1, 0.15) is 0 Å². The molecule has 1 aromatic carbocycles. The number of pyridine rings is 1. The summed E-state index contributed by atoms with van der Waals surface area (Å²) < 4.78 is 31.2. The number of anilines is 1. The molecule has 0 unspecified atom stereocenters. The SMILES string of the molecule is Nc1nc(Oc2ccc([N+](=O)[O-])cc2)c(F)cc1F. The van der Waals surface area contributed by atoms with Crippen LogP contribution < -0.4 is 10.5 Å². The fourth-order valence-electron chi connectivity index (χ4n) is 1.28. The van der Waals surface area contributed by atoms with Gasteiger partial charge in [0.05, 0.1) is 4.92 Å². The monoisotopic (exact) mass is 267 g/mol. The van der Waals surface area contributed by atoms with Crippen LogP contribution in [-0.2, 0) is 0 Å². The Morgan fingerprint density at radius 1 is 1.21 bits per heavy atom. The molecule has 0 spiro atoms. The Labute approximate surface area is 105 Å². The summed E-state index contributed by atoms with van der Waals surface area (Å²) in [6, 6.07) is 5.43. The highest BCUT2D eigenvalue weighted by Crippen LogP contribution is 2.26. The van der Waals surface area contributed by atoms with Gasteiger partial charge in [0.15, 0.2) is 17.5 Å². The number of aromatic nitrogens is 1. The van der Waals surface area contributed by atoms with Crippen molar-refractivity contribution in [2.24, 2.45) is 0 Å². The smallest absolute Gasteiger partial charge is 0.269 e. The molecular weight excluding hydrogens is 260 g/mol. The third-order valence-electron chi connectivity index (χ3n) is 2.19. The van der Waals surface area contributed by atoms with E-state index in [1.165, 1.54) is 24.3 Å². The lowest BCUT2D eigenvalue weighted by atomic mass is 10.3. The largest absolute Gasteiger partial charge is 0.436 e. The molecule has 8 heteroatoms. The molecule has 0 saturated heterocycles. The number of hydrogen-bond acceptors (Lipinski definition) is 5. The highest BCUT2D eigenvalue weighted by atomic mass is 19.1. The van der Waals surface area contributed by atoms with Gasteiger partial charge < -0.3 is 10.5 Å². The highest BCUT2D eigenvalue weighted by molar-refractivity contribution is 5.40. The number of nitro benzene ring substituents is 1. The molecule has 0 fully saturated rings. The molecule has 0 bridgehead atoms. The molecule has 0 aliphatic carbocycles. The molecule has 2 N–H and O–H groups in total. The molecule has 0 radical (unpaired) electrons. The highest BCUT2D eigenvalue weighted by Gasteiger charge is 2.12. The second kappa shape index (κ2) is 4.84. The average molecular weight is 267 g/mol. The van der Waals surface area contributed by atoms with Crippen molar-refractivity contribution in [3.8, 4) is 11.6 Å². The van der Waals surface area contributed by atoms with E-state index in [-0.39, 0.29) is 11.4 Å². The maximum Gasteiger partial charge on any atom is 0.269 e. The van der Waals surface area contributed by atoms with Gasteiger partial charge in [-0.1, -0.05) is 0 Å². The maximum atomic E-state index is 13.3. The molecular formula is C11H7F2N3O3. The summed E-state index contributed by atoms with van der Waals surface area (Å²) in [4.78, 5) is 13.3. The molecule has 98 valence electrons. The van der Waals surface area contributed by atoms with Gasteiger partial charge in [0.1, 0.15) is 5.75 Å². The van der Waals surface area contributed by atoms with E-state index in [1.54, 1.807) is 0 Å². The van der Waals surface area contributed by atoms with E-state index in [9.17, 15) is 18.9 Å². The Balaban J connectivity index is 2.26. The fraction of sp³-hybridized carbons (Fsp3) is 0. The van der Waals surface area contributed by atoms with Gasteiger partial charge in [-0.2, -0.15) is 4.98 Å². The summed E-state index contributed by atoms with van der Waals surface area (Å²) in [5.41, 5.74) is 5.05. The number of benzene rings is 1. The molecule has 2 aromatic rings. The third kappa shape index (κ3) is 2.73. The second-order valence-electron chi connectivity index (χ2n) is 3.50. The number of nitrogens with zero attached hydrogens (tertiary/aromatic N) is 2. The van der Waals surface area contributed by atoms with Crippen molar-refractivity contribution in [2.75, 3.05) is 5.73 Å². The van der Waals surface area contributed by atoms with Crippen LogP contribution in [-0.4, -0.2) is 9.91 Å². The predicted octanol–water partition coefficient (Wildman–Crippen LogP) is 2.64. The molecule has 2 rings (SSSR count). The molecule has 19 heavy (non-hydrogen) atoms. The lowest BCUT2D eigenvalue weighted by Crippen LogP contribution is -2.00. The van der Waals surface area contributed by atoms with Crippen molar-refractivity contribution in [2.45, 2.75) is 0 Å². The van der Waals surface area contributed by atoms with Crippen LogP contribution in [0, 0.1) is 21.7 Å². The van der Waals surface area contributed by atoms with Crippen LogP contribution in [0.3, 0.4) is 0 Å². The van der Waals surface area contributed by atoms with E-state index >= 15 is 0 Å². The molecule has 1 aromatic heterocycles. The van der Waals surface area contributed by atoms with Gasteiger partial charge in [0, 0.05) is 18.2 Å². The van der Waals surface area contributed by atoms with E-state index in [0.29, 0.717) is 6.07 Å². The summed E-state index contributed by atoms with van der Waals surface area (Å²) in [6.45, 7) is 0. The second-order valence-corrected chi connectivity index (χ2v) is 3.50. The Hall–Kier alpha value is -2.77. The first-order valence-electron chi connectivity index (χ1n) is 5.01. The van der Waals surface area contributed by atoms with Crippen LogP contribution in [0.25, 0.3) is 0 Å². The van der Waals surface area contributed by atoms with Gasteiger partial charge in [-0.3, -0.25) is 10.1 Å². The number of rotatable bonds is 3. The van der Waals surface area contributed by atoms with Gasteiger partial charge in [-0.15, -0.1) is 0 Å². The molecule has 0 saturated carbocycles. The van der Waals surface area contributed by atoms with Crippen LogP contribution >= 0.6 is 0 Å². The van der Waals surface area contributed by atoms with Gasteiger partial charge in [0.25, 0.3) is 11.6 Å². The number of hydrogen-bond donors (Lipinski definition) is 1. The molecule has 0 aliphatic rings. The first-order chi connectivity index (χ1) is 8.97. The molecule has 0 amide bonds. The van der Waals surface area contributed by atoms with E-state index in [4.69, 9.17) is 10.5 Å². The third-order valence-corrected chi connectivity index (χ3v) is 2.19. The van der Waals surface area contributed by atoms with Crippen molar-refractivity contribution in [3.05, 3.63) is 52.1 Å². The molecule has 0 aliphatic heterocycles. The lowest BCUT2D eigenvalue weighted by molar-refractivity contribution is -0.384. The lowest BCUT2D eigenvalue weighted by Gasteiger charge is -2.06. The summed E-state index contributed by atoms with van der Waals surface area (Å²) in [5.74, 6) is -2.91. The quantitative estimate of drug-likeness (QED) is 0.681. The van der Waals surface area contributed by atoms with Crippen molar-refractivity contribution >= 4 is 11.5 Å². The van der Waals surface area contributed by atoms with Crippen LogP contribution in [0.15, 0.2) is 30.3 Å². The minimum atomic E-state index is -1.02. The van der Waals surface area contributed by atoms with E-state index in [1.807, 2.05) is 0 Å². The van der Waals surface area contributed by atoms with E-state index in [0.717, 1.165) is 0 Å². The summed E-state index contributed by atoms with van der Waals surface area (Å²) >= 11 is 0. The Kier molecular flexibility index (Phi) is 3.23. The topological polar surface area (TPSA) is 91.3 Å². The average Bonchev–Trinajstić information content (AvgIpc) is 2.36. The minimum Gasteiger partial charge on any atom is -0.436 e. The number of nitro groups is 1. The molecule has 0 atom stereocenters. The Morgan fingerprint density at radius 3 is 2.42 bits per heavy atom. The zero-order valence-corrected chi connectivity index (χ0v) is 9.34. The van der Waals surface area contributed by atoms with Gasteiger partial charge >= 0.3 is 0 Å². The van der Waals surface area contributed by atoms with E-state index < -0.39 is 28.3 Å². The zero-order valence-electron chi connectivity index (χ0n) is 9.34. The zero-order chi connectivity index (χ0) is 14.0. The first-order valence-corrected chi connectivity index (χ1v) is 5.01. The molecule has 1 heterocycles. The molecule has 6 nitrogen and oxygen atoms in total. The number of nitrogens with two attached hydrogens (primary N) is 1. The summed E-state index contributed by atoms with van der Waals surface area (Å²) in [7, 11) is 0. The van der Waals surface area contributed by atoms with Gasteiger partial charge in [0.2, 0.25) is 0 Å². The number of nitrogen functional groups attached to an aromatic ring is 1. The number of ether oxygens (including phenoxy) is 1. The Morgan fingerprint density at radius 2 is 1.84 bits per heavy atom. The standard InChI is InChI=1S/C11H7F2N3O3/c12-8-5-9(13)11(15-10(8)14)19-7-3-1-6(2-4-7)16(17)18/h1-5H,(H2,14,15).